The monoisotopic (exact) mass is 609 g/mol. The van der Waals surface area contributed by atoms with Crippen LogP contribution in [0.5, 0.6) is 0 Å². The van der Waals surface area contributed by atoms with E-state index in [2.05, 4.69) is 41.5 Å². The summed E-state index contributed by atoms with van der Waals surface area (Å²) in [7, 11) is 0. The molecule has 0 radical (unpaired) electrons. The van der Waals surface area contributed by atoms with Gasteiger partial charge in [-0.25, -0.2) is 0 Å². The zero-order valence-corrected chi connectivity index (χ0v) is 29.7. The molecular weight excluding hydrogens is 536 g/mol. The lowest BCUT2D eigenvalue weighted by Crippen LogP contribution is -2.34. The molecule has 8 heteroatoms. The fraction of sp³-hybridized carbons (Fsp3) is 1.00. The quantitative estimate of drug-likeness (QED) is 0.110. The molecule has 0 saturated carbocycles. The Morgan fingerprint density at radius 2 is 0.619 bits per heavy atom. The summed E-state index contributed by atoms with van der Waals surface area (Å²) in [6, 6.07) is 0. The standard InChI is InChI=1S/2C17H36O4/c1-7-8-17(6,10-19)14-21-13-16(4,5)12-20-11-15(2,3)9-18;1-7-8-17(6,13-20-11-15(2,3)9-18)14-21-12-16(4,5)10-19/h2*18-19H,7-14H2,1-6H3. The van der Waals surface area contributed by atoms with Crippen LogP contribution < -0.4 is 0 Å². The molecule has 0 spiro atoms. The predicted molar refractivity (Wildman–Crippen MR) is 173 cm³/mol. The Balaban J connectivity index is 0. The van der Waals surface area contributed by atoms with E-state index in [1.54, 1.807) is 0 Å². The first-order valence-corrected chi connectivity index (χ1v) is 15.9. The lowest BCUT2D eigenvalue weighted by molar-refractivity contribution is -0.0620. The van der Waals surface area contributed by atoms with Gasteiger partial charge in [-0.2, -0.15) is 0 Å². The SMILES string of the molecule is CCCC(C)(CO)COCC(C)(C)COCC(C)(C)CO.CCCC(C)(COCC(C)(C)CO)COCC(C)(C)CO. The molecule has 0 fully saturated rings. The first kappa shape index (κ1) is 43.8. The summed E-state index contributed by atoms with van der Waals surface area (Å²) >= 11 is 0. The normalized spacial score (nSPS) is 14.9. The van der Waals surface area contributed by atoms with Crippen molar-refractivity contribution in [2.75, 3.05) is 79.3 Å². The molecule has 0 saturated heterocycles. The van der Waals surface area contributed by atoms with Gasteiger partial charge in [0, 0.05) is 32.5 Å². The number of rotatable bonds is 24. The van der Waals surface area contributed by atoms with Crippen molar-refractivity contribution in [3.63, 3.8) is 0 Å². The molecule has 0 aliphatic carbocycles. The first-order valence-electron chi connectivity index (χ1n) is 15.9. The van der Waals surface area contributed by atoms with Gasteiger partial charge in [-0.05, 0) is 12.8 Å². The van der Waals surface area contributed by atoms with Crippen molar-refractivity contribution in [1.82, 2.24) is 0 Å². The van der Waals surface area contributed by atoms with Crippen LogP contribution in [-0.2, 0) is 18.9 Å². The molecule has 4 N–H and O–H groups in total. The van der Waals surface area contributed by atoms with Crippen LogP contribution in [0, 0.1) is 32.5 Å². The molecule has 1 unspecified atom stereocenters. The molecule has 0 aromatic carbocycles. The minimum atomic E-state index is -0.202. The number of aliphatic hydroxyl groups excluding tert-OH is 4. The molecule has 0 rings (SSSR count). The highest BCUT2D eigenvalue weighted by molar-refractivity contribution is 4.77. The Labute approximate surface area is 259 Å². The Bertz CT molecular complexity index is 640. The van der Waals surface area contributed by atoms with E-state index in [0.717, 1.165) is 25.7 Å². The molecule has 256 valence electrons. The second-order valence-electron chi connectivity index (χ2n) is 16.4. The predicted octanol–water partition coefficient (Wildman–Crippen LogP) is 5.73. The van der Waals surface area contributed by atoms with E-state index in [4.69, 9.17) is 18.9 Å². The van der Waals surface area contributed by atoms with E-state index in [1.807, 2.05) is 41.5 Å². The van der Waals surface area contributed by atoms with Crippen molar-refractivity contribution in [1.29, 1.82) is 0 Å². The van der Waals surface area contributed by atoms with E-state index >= 15 is 0 Å². The average molecular weight is 609 g/mol. The Morgan fingerprint density at radius 3 is 0.905 bits per heavy atom. The molecule has 0 aromatic rings. The van der Waals surface area contributed by atoms with E-state index in [0.29, 0.717) is 52.9 Å². The maximum absolute atomic E-state index is 9.48. The van der Waals surface area contributed by atoms with Crippen LogP contribution in [0.2, 0.25) is 0 Å². The fourth-order valence-corrected chi connectivity index (χ4v) is 4.09. The van der Waals surface area contributed by atoms with Crippen LogP contribution >= 0.6 is 0 Å². The van der Waals surface area contributed by atoms with Gasteiger partial charge in [0.25, 0.3) is 0 Å². The smallest absolute Gasteiger partial charge is 0.0542 e. The van der Waals surface area contributed by atoms with Crippen molar-refractivity contribution in [2.45, 2.75) is 109 Å². The number of aliphatic hydroxyl groups is 4. The number of hydrogen-bond donors (Lipinski definition) is 4. The zero-order chi connectivity index (χ0) is 33.1. The summed E-state index contributed by atoms with van der Waals surface area (Å²) in [5.74, 6) is 0. The molecular formula is C34H72O8. The van der Waals surface area contributed by atoms with Gasteiger partial charge in [0.15, 0.2) is 0 Å². The Kier molecular flexibility index (Phi) is 21.5. The summed E-state index contributed by atoms with van der Waals surface area (Å²) < 4.78 is 23.2. The lowest BCUT2D eigenvalue weighted by Gasteiger charge is -2.32. The fourth-order valence-electron chi connectivity index (χ4n) is 4.09. The Morgan fingerprint density at radius 1 is 0.357 bits per heavy atom. The molecule has 8 nitrogen and oxygen atoms in total. The minimum Gasteiger partial charge on any atom is -0.396 e. The van der Waals surface area contributed by atoms with Crippen LogP contribution in [0.25, 0.3) is 0 Å². The molecule has 0 heterocycles. The van der Waals surface area contributed by atoms with Gasteiger partial charge in [0.1, 0.15) is 0 Å². The van der Waals surface area contributed by atoms with Crippen molar-refractivity contribution < 1.29 is 39.4 Å². The molecule has 0 bridgehead atoms. The van der Waals surface area contributed by atoms with E-state index in [-0.39, 0.29) is 58.9 Å². The van der Waals surface area contributed by atoms with Crippen LogP contribution in [0.1, 0.15) is 109 Å². The van der Waals surface area contributed by atoms with Crippen molar-refractivity contribution in [3.8, 4) is 0 Å². The molecule has 0 amide bonds. The minimum absolute atomic E-state index is 0.0220. The maximum atomic E-state index is 9.48. The highest BCUT2D eigenvalue weighted by atomic mass is 16.5. The van der Waals surface area contributed by atoms with Gasteiger partial charge in [-0.3, -0.25) is 0 Å². The van der Waals surface area contributed by atoms with Gasteiger partial charge >= 0.3 is 0 Å². The number of hydrogen-bond acceptors (Lipinski definition) is 8. The van der Waals surface area contributed by atoms with Crippen molar-refractivity contribution in [2.24, 2.45) is 32.5 Å². The van der Waals surface area contributed by atoms with Gasteiger partial charge in [0.2, 0.25) is 0 Å². The topological polar surface area (TPSA) is 118 Å². The second-order valence-corrected chi connectivity index (χ2v) is 16.4. The van der Waals surface area contributed by atoms with Crippen LogP contribution in [0.4, 0.5) is 0 Å². The molecule has 1 atom stereocenters. The zero-order valence-electron chi connectivity index (χ0n) is 29.7. The highest BCUT2D eigenvalue weighted by Crippen LogP contribution is 2.28. The maximum Gasteiger partial charge on any atom is 0.0542 e. The molecule has 0 aromatic heterocycles. The summed E-state index contributed by atoms with van der Waals surface area (Å²) in [6.07, 6.45) is 4.12. The third-order valence-electron chi connectivity index (χ3n) is 7.19. The van der Waals surface area contributed by atoms with Gasteiger partial charge in [-0.1, -0.05) is 95.9 Å². The number of ether oxygens (including phenoxy) is 4. The van der Waals surface area contributed by atoms with Gasteiger partial charge in [-0.15, -0.1) is 0 Å². The summed E-state index contributed by atoms with van der Waals surface area (Å²) in [6.45, 7) is 29.8. The van der Waals surface area contributed by atoms with Gasteiger partial charge in [0.05, 0.1) is 79.3 Å². The molecule has 0 aliphatic heterocycles. The average Bonchev–Trinajstić information content (AvgIpc) is 2.88. The summed E-state index contributed by atoms with van der Waals surface area (Å²) in [5, 5.41) is 37.2. The van der Waals surface area contributed by atoms with Crippen molar-refractivity contribution >= 4 is 0 Å². The van der Waals surface area contributed by atoms with E-state index in [9.17, 15) is 20.4 Å². The molecule has 42 heavy (non-hydrogen) atoms. The van der Waals surface area contributed by atoms with E-state index in [1.165, 1.54) is 0 Å². The summed E-state index contributed by atoms with van der Waals surface area (Å²) in [4.78, 5) is 0. The van der Waals surface area contributed by atoms with Crippen LogP contribution in [-0.4, -0.2) is 99.7 Å². The third kappa shape index (κ3) is 22.2. The van der Waals surface area contributed by atoms with Gasteiger partial charge < -0.3 is 39.4 Å². The highest BCUT2D eigenvalue weighted by Gasteiger charge is 2.28. The molecule has 0 aliphatic rings. The largest absolute Gasteiger partial charge is 0.396 e. The van der Waals surface area contributed by atoms with Crippen LogP contribution in [0.15, 0.2) is 0 Å². The first-order chi connectivity index (χ1) is 19.2. The third-order valence-corrected chi connectivity index (χ3v) is 7.19. The lowest BCUT2D eigenvalue weighted by atomic mass is 9.87. The Hall–Kier alpha value is -0.320. The van der Waals surface area contributed by atoms with Crippen molar-refractivity contribution in [3.05, 3.63) is 0 Å². The van der Waals surface area contributed by atoms with E-state index < -0.39 is 0 Å². The summed E-state index contributed by atoms with van der Waals surface area (Å²) in [5.41, 5.74) is -0.849. The second kappa shape index (κ2) is 20.7. The van der Waals surface area contributed by atoms with Crippen LogP contribution in [0.3, 0.4) is 0 Å².